The smallest absolute Gasteiger partial charge is 0.136 e. The van der Waals surface area contributed by atoms with Crippen molar-refractivity contribution in [3.8, 4) is 0 Å². The molecule has 0 aromatic heterocycles. The monoisotopic (exact) mass is 234 g/mol. The van der Waals surface area contributed by atoms with Gasteiger partial charge in [-0.1, -0.05) is 24.6 Å². The summed E-state index contributed by atoms with van der Waals surface area (Å²) in [6.45, 7) is 0. The molecule has 0 bridgehead atoms. The van der Waals surface area contributed by atoms with Crippen LogP contribution in [0.3, 0.4) is 0 Å². The summed E-state index contributed by atoms with van der Waals surface area (Å²) >= 11 is 1.86. The number of thioether (sulfide) groups is 1. The van der Waals surface area contributed by atoms with Crippen LogP contribution in [0.2, 0.25) is 0 Å². The topological polar surface area (TPSA) is 17.1 Å². The van der Waals surface area contributed by atoms with E-state index in [0.29, 0.717) is 11.7 Å². The Morgan fingerprint density at radius 3 is 2.75 bits per heavy atom. The molecule has 1 aliphatic rings. The SMILES string of the molecule is O=C1CCCCC1CCSc1ccccc1. The van der Waals surface area contributed by atoms with E-state index in [0.717, 1.165) is 31.4 Å². The molecular formula is C14H18OS. The number of benzene rings is 1. The Hall–Kier alpha value is -0.760. The summed E-state index contributed by atoms with van der Waals surface area (Å²) in [6, 6.07) is 10.4. The molecule has 0 heterocycles. The maximum absolute atomic E-state index is 11.6. The van der Waals surface area contributed by atoms with Gasteiger partial charge in [0.05, 0.1) is 0 Å². The van der Waals surface area contributed by atoms with Gasteiger partial charge in [-0.25, -0.2) is 0 Å². The number of rotatable bonds is 4. The molecular weight excluding hydrogens is 216 g/mol. The molecule has 0 spiro atoms. The maximum Gasteiger partial charge on any atom is 0.136 e. The van der Waals surface area contributed by atoms with E-state index in [1.165, 1.54) is 11.3 Å². The number of carbonyl (C=O) groups excluding carboxylic acids is 1. The largest absolute Gasteiger partial charge is 0.299 e. The lowest BCUT2D eigenvalue weighted by atomic mass is 9.86. The van der Waals surface area contributed by atoms with Gasteiger partial charge >= 0.3 is 0 Å². The van der Waals surface area contributed by atoms with Crippen LogP contribution < -0.4 is 0 Å². The van der Waals surface area contributed by atoms with E-state index < -0.39 is 0 Å². The Bertz CT molecular complexity index is 334. The number of hydrogen-bond donors (Lipinski definition) is 0. The minimum Gasteiger partial charge on any atom is -0.299 e. The van der Waals surface area contributed by atoms with Gasteiger partial charge in [-0.2, -0.15) is 0 Å². The first-order valence-electron chi connectivity index (χ1n) is 6.07. The highest BCUT2D eigenvalue weighted by atomic mass is 32.2. The summed E-state index contributed by atoms with van der Waals surface area (Å²) in [5.74, 6) is 1.92. The van der Waals surface area contributed by atoms with E-state index >= 15 is 0 Å². The molecule has 2 heteroatoms. The molecule has 16 heavy (non-hydrogen) atoms. The van der Waals surface area contributed by atoms with E-state index in [2.05, 4.69) is 24.3 Å². The van der Waals surface area contributed by atoms with E-state index in [-0.39, 0.29) is 0 Å². The van der Waals surface area contributed by atoms with Crippen LogP contribution in [-0.2, 0) is 4.79 Å². The van der Waals surface area contributed by atoms with Crippen molar-refractivity contribution in [3.63, 3.8) is 0 Å². The summed E-state index contributed by atoms with van der Waals surface area (Å²) < 4.78 is 0. The Labute approximate surface area is 102 Å². The molecule has 1 aromatic carbocycles. The van der Waals surface area contributed by atoms with Gasteiger partial charge in [-0.15, -0.1) is 11.8 Å². The average molecular weight is 234 g/mol. The summed E-state index contributed by atoms with van der Waals surface area (Å²) in [6.07, 6.45) is 5.35. The quantitative estimate of drug-likeness (QED) is 0.734. The first-order valence-corrected chi connectivity index (χ1v) is 7.05. The summed E-state index contributed by atoms with van der Waals surface area (Å²) in [5, 5.41) is 0. The predicted molar refractivity (Wildman–Crippen MR) is 68.7 cm³/mol. The fourth-order valence-electron chi connectivity index (χ4n) is 2.20. The number of Topliss-reactive ketones (excluding diaryl/α,β-unsaturated/α-hetero) is 1. The number of carbonyl (C=O) groups is 1. The Morgan fingerprint density at radius 1 is 1.19 bits per heavy atom. The number of ketones is 1. The zero-order chi connectivity index (χ0) is 11.2. The molecule has 0 radical (unpaired) electrons. The van der Waals surface area contributed by atoms with Crippen LogP contribution in [0.4, 0.5) is 0 Å². The molecule has 0 aliphatic heterocycles. The minimum atomic E-state index is 0.352. The molecule has 1 aromatic rings. The van der Waals surface area contributed by atoms with Gasteiger partial charge in [0.25, 0.3) is 0 Å². The van der Waals surface area contributed by atoms with Gasteiger partial charge in [0, 0.05) is 17.2 Å². The van der Waals surface area contributed by atoms with Crippen LogP contribution in [0.25, 0.3) is 0 Å². The van der Waals surface area contributed by atoms with Crippen molar-refractivity contribution in [3.05, 3.63) is 30.3 Å². The molecule has 0 amide bonds. The third kappa shape index (κ3) is 3.38. The van der Waals surface area contributed by atoms with Gasteiger partial charge in [0.15, 0.2) is 0 Å². The van der Waals surface area contributed by atoms with E-state index in [1.54, 1.807) is 0 Å². The molecule has 86 valence electrons. The molecule has 2 rings (SSSR count). The van der Waals surface area contributed by atoms with Crippen LogP contribution in [0.5, 0.6) is 0 Å². The fourth-order valence-corrected chi connectivity index (χ4v) is 3.18. The van der Waals surface area contributed by atoms with Gasteiger partial charge in [0.1, 0.15) is 5.78 Å². The normalized spacial score (nSPS) is 21.0. The van der Waals surface area contributed by atoms with Gasteiger partial charge in [0.2, 0.25) is 0 Å². The van der Waals surface area contributed by atoms with Crippen molar-refractivity contribution in [1.29, 1.82) is 0 Å². The van der Waals surface area contributed by atoms with Crippen LogP contribution in [0.1, 0.15) is 32.1 Å². The lowest BCUT2D eigenvalue weighted by molar-refractivity contribution is -0.124. The average Bonchev–Trinajstić information content (AvgIpc) is 2.33. The van der Waals surface area contributed by atoms with Crippen LogP contribution in [0, 0.1) is 5.92 Å². The standard InChI is InChI=1S/C14H18OS/c15-14-9-5-4-6-12(14)10-11-16-13-7-2-1-3-8-13/h1-3,7-8,12H,4-6,9-11H2. The minimum absolute atomic E-state index is 0.352. The highest BCUT2D eigenvalue weighted by Gasteiger charge is 2.21. The molecule has 1 saturated carbocycles. The molecule has 0 saturated heterocycles. The fraction of sp³-hybridized carbons (Fsp3) is 0.500. The first kappa shape index (κ1) is 11.7. The summed E-state index contributed by atoms with van der Waals surface area (Å²) in [4.78, 5) is 12.9. The summed E-state index contributed by atoms with van der Waals surface area (Å²) in [5.41, 5.74) is 0. The third-order valence-electron chi connectivity index (χ3n) is 3.16. The van der Waals surface area contributed by atoms with Gasteiger partial charge in [-0.05, 0) is 37.1 Å². The zero-order valence-corrected chi connectivity index (χ0v) is 10.3. The molecule has 0 N–H and O–H groups in total. The Kier molecular flexibility index (Phi) is 4.46. The molecule has 1 fully saturated rings. The third-order valence-corrected chi connectivity index (χ3v) is 4.20. The molecule has 1 unspecified atom stereocenters. The second-order valence-corrected chi connectivity index (χ2v) is 5.53. The first-order chi connectivity index (χ1) is 7.86. The number of hydrogen-bond acceptors (Lipinski definition) is 2. The van der Waals surface area contributed by atoms with Crippen LogP contribution in [0.15, 0.2) is 35.2 Å². The lowest BCUT2D eigenvalue weighted by Gasteiger charge is -2.19. The highest BCUT2D eigenvalue weighted by molar-refractivity contribution is 7.99. The predicted octanol–water partition coefficient (Wildman–Crippen LogP) is 3.93. The maximum atomic E-state index is 11.6. The van der Waals surface area contributed by atoms with Crippen molar-refractivity contribution in [1.82, 2.24) is 0 Å². The molecule has 1 nitrogen and oxygen atoms in total. The second kappa shape index (κ2) is 6.09. The second-order valence-electron chi connectivity index (χ2n) is 4.36. The van der Waals surface area contributed by atoms with Crippen molar-refractivity contribution < 1.29 is 4.79 Å². The zero-order valence-electron chi connectivity index (χ0n) is 9.52. The van der Waals surface area contributed by atoms with Crippen LogP contribution in [-0.4, -0.2) is 11.5 Å². The highest BCUT2D eigenvalue weighted by Crippen LogP contribution is 2.26. The van der Waals surface area contributed by atoms with E-state index in [1.807, 2.05) is 17.8 Å². The van der Waals surface area contributed by atoms with Crippen molar-refractivity contribution >= 4 is 17.5 Å². The van der Waals surface area contributed by atoms with Crippen molar-refractivity contribution in [2.75, 3.05) is 5.75 Å². The van der Waals surface area contributed by atoms with E-state index in [4.69, 9.17) is 0 Å². The molecule has 1 aliphatic carbocycles. The van der Waals surface area contributed by atoms with Crippen molar-refractivity contribution in [2.45, 2.75) is 37.0 Å². The molecule has 1 atom stereocenters. The lowest BCUT2D eigenvalue weighted by Crippen LogP contribution is -2.19. The Balaban J connectivity index is 1.73. The van der Waals surface area contributed by atoms with Gasteiger partial charge in [-0.3, -0.25) is 4.79 Å². The van der Waals surface area contributed by atoms with E-state index in [9.17, 15) is 4.79 Å². The van der Waals surface area contributed by atoms with Gasteiger partial charge < -0.3 is 0 Å². The van der Waals surface area contributed by atoms with Crippen molar-refractivity contribution in [2.24, 2.45) is 5.92 Å². The summed E-state index contributed by atoms with van der Waals surface area (Å²) in [7, 11) is 0. The van der Waals surface area contributed by atoms with Crippen LogP contribution >= 0.6 is 11.8 Å². The Morgan fingerprint density at radius 2 is 2.00 bits per heavy atom.